The molecule has 1 fully saturated rings. The van der Waals surface area contributed by atoms with E-state index in [1.165, 1.54) is 0 Å². The normalized spacial score (nSPS) is 16.8. The van der Waals surface area contributed by atoms with E-state index in [4.69, 9.17) is 5.73 Å². The Balaban J connectivity index is 2.11. The summed E-state index contributed by atoms with van der Waals surface area (Å²) in [6.45, 7) is 3.90. The number of amides is 1. The molecular weight excluding hydrogens is 216 g/mol. The highest BCUT2D eigenvalue weighted by atomic mass is 16.1. The fraction of sp³-hybridized carbons (Fsp3) is 0.500. The van der Waals surface area contributed by atoms with E-state index in [9.17, 15) is 4.79 Å². The van der Waals surface area contributed by atoms with Crippen LogP contribution >= 0.6 is 0 Å². The summed E-state index contributed by atoms with van der Waals surface area (Å²) >= 11 is 0. The largest absolute Gasteiger partial charge is 0.367 e. The fourth-order valence-corrected chi connectivity index (χ4v) is 2.06. The van der Waals surface area contributed by atoms with E-state index in [-0.39, 0.29) is 0 Å². The van der Waals surface area contributed by atoms with Gasteiger partial charge in [0.15, 0.2) is 0 Å². The van der Waals surface area contributed by atoms with Crippen LogP contribution in [0.1, 0.15) is 28.9 Å². The van der Waals surface area contributed by atoms with Crippen molar-refractivity contribution in [3.8, 4) is 0 Å². The number of aryl methyl sites for hydroxylation is 1. The van der Waals surface area contributed by atoms with Gasteiger partial charge in [0.05, 0.1) is 0 Å². The molecule has 1 saturated heterocycles. The number of nitrogens with two attached hydrogens (primary N) is 1. The van der Waals surface area contributed by atoms with Crippen molar-refractivity contribution in [3.63, 3.8) is 0 Å². The van der Waals surface area contributed by atoms with Gasteiger partial charge in [0.25, 0.3) is 0 Å². The quantitative estimate of drug-likeness (QED) is 0.717. The number of rotatable bonds is 3. The molecule has 2 rings (SSSR count). The van der Waals surface area contributed by atoms with Gasteiger partial charge >= 0.3 is 0 Å². The Bertz CT molecular complexity index is 413. The van der Waals surface area contributed by atoms with Crippen molar-refractivity contribution >= 4 is 11.7 Å². The van der Waals surface area contributed by atoms with Crippen LogP contribution in [-0.4, -0.2) is 30.0 Å². The SMILES string of the molecule is Cc1cc(C(N)=O)cc(NC2CCNCC2)n1. The van der Waals surface area contributed by atoms with Gasteiger partial charge in [-0.25, -0.2) is 4.98 Å². The summed E-state index contributed by atoms with van der Waals surface area (Å²) in [6, 6.07) is 3.85. The molecule has 1 aliphatic heterocycles. The zero-order chi connectivity index (χ0) is 12.3. The molecule has 0 atom stereocenters. The van der Waals surface area contributed by atoms with Crippen LogP contribution in [0.25, 0.3) is 0 Å². The average Bonchev–Trinajstić information content (AvgIpc) is 2.29. The molecule has 0 spiro atoms. The fourth-order valence-electron chi connectivity index (χ4n) is 2.06. The van der Waals surface area contributed by atoms with Gasteiger partial charge in [0.2, 0.25) is 5.91 Å². The van der Waals surface area contributed by atoms with Gasteiger partial charge in [0, 0.05) is 17.3 Å². The number of aromatic nitrogens is 1. The van der Waals surface area contributed by atoms with E-state index in [2.05, 4.69) is 15.6 Å². The Morgan fingerprint density at radius 2 is 2.18 bits per heavy atom. The van der Waals surface area contributed by atoms with Crippen molar-refractivity contribution < 1.29 is 4.79 Å². The lowest BCUT2D eigenvalue weighted by Gasteiger charge is -2.24. The monoisotopic (exact) mass is 234 g/mol. The van der Waals surface area contributed by atoms with Crippen LogP contribution in [0.3, 0.4) is 0 Å². The molecule has 1 aromatic heterocycles. The number of hydrogen-bond donors (Lipinski definition) is 3. The maximum atomic E-state index is 11.2. The molecule has 0 aliphatic carbocycles. The molecule has 5 nitrogen and oxygen atoms in total. The lowest BCUT2D eigenvalue weighted by atomic mass is 10.1. The third kappa shape index (κ3) is 3.17. The second kappa shape index (κ2) is 5.14. The van der Waals surface area contributed by atoms with Crippen LogP contribution in [-0.2, 0) is 0 Å². The number of nitrogens with one attached hydrogen (secondary N) is 2. The van der Waals surface area contributed by atoms with Crippen molar-refractivity contribution in [1.82, 2.24) is 10.3 Å². The summed E-state index contributed by atoms with van der Waals surface area (Å²) in [4.78, 5) is 15.5. The van der Waals surface area contributed by atoms with Crippen LogP contribution in [0.2, 0.25) is 0 Å². The Labute approximate surface area is 101 Å². The topological polar surface area (TPSA) is 80.0 Å². The highest BCUT2D eigenvalue weighted by molar-refractivity contribution is 5.93. The number of pyridine rings is 1. The molecule has 0 bridgehead atoms. The summed E-state index contributed by atoms with van der Waals surface area (Å²) in [5.41, 5.74) is 6.59. The Hall–Kier alpha value is -1.62. The summed E-state index contributed by atoms with van der Waals surface area (Å²) < 4.78 is 0. The minimum Gasteiger partial charge on any atom is -0.367 e. The molecule has 17 heavy (non-hydrogen) atoms. The van der Waals surface area contributed by atoms with E-state index in [0.717, 1.165) is 37.4 Å². The zero-order valence-corrected chi connectivity index (χ0v) is 9.99. The number of piperidine rings is 1. The first-order valence-electron chi connectivity index (χ1n) is 5.91. The van der Waals surface area contributed by atoms with E-state index in [0.29, 0.717) is 11.6 Å². The van der Waals surface area contributed by atoms with E-state index in [1.807, 2.05) is 6.92 Å². The lowest BCUT2D eigenvalue weighted by Crippen LogP contribution is -2.35. The Kier molecular flexibility index (Phi) is 3.58. The standard InChI is InChI=1S/C12H18N4O/c1-8-6-9(12(13)17)7-11(15-8)16-10-2-4-14-5-3-10/h6-7,10,14H,2-5H2,1H3,(H2,13,17)(H,15,16). The molecule has 4 N–H and O–H groups in total. The predicted molar refractivity (Wildman–Crippen MR) is 67.0 cm³/mol. The van der Waals surface area contributed by atoms with Gasteiger partial charge in [-0.2, -0.15) is 0 Å². The molecule has 0 aromatic carbocycles. The van der Waals surface area contributed by atoms with E-state index in [1.54, 1.807) is 12.1 Å². The van der Waals surface area contributed by atoms with Crippen LogP contribution in [0, 0.1) is 6.92 Å². The zero-order valence-electron chi connectivity index (χ0n) is 9.99. The van der Waals surface area contributed by atoms with Gasteiger partial charge < -0.3 is 16.4 Å². The predicted octanol–water partition coefficient (Wildman–Crippen LogP) is 0.653. The van der Waals surface area contributed by atoms with Gasteiger partial charge in [0.1, 0.15) is 5.82 Å². The molecule has 1 aliphatic rings. The van der Waals surface area contributed by atoms with Crippen LogP contribution in [0.5, 0.6) is 0 Å². The molecule has 0 unspecified atom stereocenters. The average molecular weight is 234 g/mol. The first-order chi connectivity index (χ1) is 8.15. The van der Waals surface area contributed by atoms with Crippen molar-refractivity contribution in [3.05, 3.63) is 23.4 Å². The summed E-state index contributed by atoms with van der Waals surface area (Å²) in [6.07, 6.45) is 2.14. The second-order valence-electron chi connectivity index (χ2n) is 4.42. The molecular formula is C12H18N4O. The molecule has 1 aromatic rings. The molecule has 0 saturated carbocycles. The number of nitrogens with zero attached hydrogens (tertiary/aromatic N) is 1. The lowest BCUT2D eigenvalue weighted by molar-refractivity contribution is 0.1000. The minimum atomic E-state index is -0.413. The first-order valence-corrected chi connectivity index (χ1v) is 5.91. The van der Waals surface area contributed by atoms with Crippen LogP contribution < -0.4 is 16.4 Å². The maximum absolute atomic E-state index is 11.2. The Morgan fingerprint density at radius 1 is 1.47 bits per heavy atom. The highest BCUT2D eigenvalue weighted by Gasteiger charge is 2.14. The third-order valence-corrected chi connectivity index (χ3v) is 2.93. The van der Waals surface area contributed by atoms with Gasteiger partial charge in [-0.05, 0) is 45.0 Å². The summed E-state index contributed by atoms with van der Waals surface area (Å²) in [5, 5.41) is 6.67. The van der Waals surface area contributed by atoms with Crippen molar-refractivity contribution in [2.75, 3.05) is 18.4 Å². The number of carbonyl (C=O) groups is 1. The highest BCUT2D eigenvalue weighted by Crippen LogP contribution is 2.14. The van der Waals surface area contributed by atoms with Crippen LogP contribution in [0.4, 0.5) is 5.82 Å². The number of anilines is 1. The second-order valence-corrected chi connectivity index (χ2v) is 4.42. The maximum Gasteiger partial charge on any atom is 0.248 e. The van der Waals surface area contributed by atoms with Crippen molar-refractivity contribution in [2.45, 2.75) is 25.8 Å². The van der Waals surface area contributed by atoms with Crippen LogP contribution in [0.15, 0.2) is 12.1 Å². The van der Waals surface area contributed by atoms with Crippen molar-refractivity contribution in [2.24, 2.45) is 5.73 Å². The molecule has 1 amide bonds. The molecule has 2 heterocycles. The third-order valence-electron chi connectivity index (χ3n) is 2.93. The Morgan fingerprint density at radius 3 is 2.82 bits per heavy atom. The summed E-state index contributed by atoms with van der Waals surface area (Å²) in [7, 11) is 0. The van der Waals surface area contributed by atoms with Crippen molar-refractivity contribution in [1.29, 1.82) is 0 Å². The number of primary amides is 1. The van der Waals surface area contributed by atoms with Gasteiger partial charge in [-0.3, -0.25) is 4.79 Å². The number of carbonyl (C=O) groups excluding carboxylic acids is 1. The molecule has 5 heteroatoms. The molecule has 0 radical (unpaired) electrons. The summed E-state index contributed by atoms with van der Waals surface area (Å²) in [5.74, 6) is 0.328. The van der Waals surface area contributed by atoms with E-state index >= 15 is 0 Å². The molecule has 92 valence electrons. The smallest absolute Gasteiger partial charge is 0.248 e. The first kappa shape index (κ1) is 11.9. The number of hydrogen-bond acceptors (Lipinski definition) is 4. The van der Waals surface area contributed by atoms with E-state index < -0.39 is 5.91 Å². The van der Waals surface area contributed by atoms with Gasteiger partial charge in [-0.1, -0.05) is 0 Å². The minimum absolute atomic E-state index is 0.413. The van der Waals surface area contributed by atoms with Gasteiger partial charge in [-0.15, -0.1) is 0 Å².